The highest BCUT2D eigenvalue weighted by atomic mass is 32.2. The summed E-state index contributed by atoms with van der Waals surface area (Å²) in [5.74, 6) is -0.338. The van der Waals surface area contributed by atoms with E-state index >= 15 is 0 Å². The molecule has 0 amide bonds. The number of hydrogen-bond donors (Lipinski definition) is 2. The monoisotopic (exact) mass is 314 g/mol. The van der Waals surface area contributed by atoms with Crippen LogP contribution in [0.3, 0.4) is 0 Å². The maximum Gasteiger partial charge on any atom is 0.192 e. The largest absolute Gasteiger partial charge is 0.376 e. The summed E-state index contributed by atoms with van der Waals surface area (Å²) in [4.78, 5) is 6.08. The van der Waals surface area contributed by atoms with Crippen molar-refractivity contribution in [3.8, 4) is 0 Å². The molecule has 1 aromatic carbocycles. The van der Waals surface area contributed by atoms with Crippen LogP contribution in [-0.2, 0) is 0 Å². The Kier molecular flexibility index (Phi) is 4.56. The Labute approximate surface area is 124 Å². The van der Waals surface area contributed by atoms with E-state index in [-0.39, 0.29) is 10.9 Å². The lowest BCUT2D eigenvalue weighted by atomic mass is 10.3. The van der Waals surface area contributed by atoms with E-state index in [0.717, 1.165) is 5.13 Å². The second-order valence-electron chi connectivity index (χ2n) is 3.55. The average Bonchev–Trinajstić information content (AvgIpc) is 2.89. The third kappa shape index (κ3) is 3.55. The van der Waals surface area contributed by atoms with Crippen LogP contribution in [0.1, 0.15) is 0 Å². The molecule has 0 aliphatic carbocycles. The van der Waals surface area contributed by atoms with Gasteiger partial charge >= 0.3 is 0 Å². The third-order valence-electron chi connectivity index (χ3n) is 2.31. The molecule has 0 aliphatic rings. The molecule has 0 radical (unpaired) electrons. The number of thiazole rings is 1. The standard InChI is InChI=1S/C11H11FN4S3/c1-16(10(13)17)7-2-3-9(8(12)6-7)19-15-11-14-4-5-18-11/h2-6H,1H3,(H2,13,17)(H,14,15). The summed E-state index contributed by atoms with van der Waals surface area (Å²) in [6, 6.07) is 4.82. The Hall–Kier alpha value is -1.38. The van der Waals surface area contributed by atoms with Gasteiger partial charge in [-0.05, 0) is 42.4 Å². The van der Waals surface area contributed by atoms with Crippen molar-refractivity contribution in [2.75, 3.05) is 16.7 Å². The van der Waals surface area contributed by atoms with Gasteiger partial charge in [0.15, 0.2) is 10.2 Å². The smallest absolute Gasteiger partial charge is 0.192 e. The summed E-state index contributed by atoms with van der Waals surface area (Å²) in [6.07, 6.45) is 1.68. The van der Waals surface area contributed by atoms with Crippen molar-refractivity contribution in [3.63, 3.8) is 0 Å². The molecule has 4 nitrogen and oxygen atoms in total. The third-order valence-corrected chi connectivity index (χ3v) is 4.25. The molecule has 2 rings (SSSR count). The van der Waals surface area contributed by atoms with Gasteiger partial charge in [0.2, 0.25) is 0 Å². The predicted octanol–water partition coefficient (Wildman–Crippen LogP) is 3.08. The first-order valence-corrected chi connectivity index (χ1v) is 7.33. The number of aromatic nitrogens is 1. The highest BCUT2D eigenvalue weighted by Crippen LogP contribution is 2.27. The van der Waals surface area contributed by atoms with Gasteiger partial charge in [-0.1, -0.05) is 0 Å². The molecule has 1 aromatic heterocycles. The lowest BCUT2D eigenvalue weighted by Gasteiger charge is -2.17. The van der Waals surface area contributed by atoms with E-state index in [4.69, 9.17) is 18.0 Å². The Morgan fingerprint density at radius 1 is 1.58 bits per heavy atom. The first kappa shape index (κ1) is 14.0. The number of benzene rings is 1. The fourth-order valence-electron chi connectivity index (χ4n) is 1.28. The van der Waals surface area contributed by atoms with Gasteiger partial charge in [-0.3, -0.25) is 0 Å². The van der Waals surface area contributed by atoms with Gasteiger partial charge in [-0.25, -0.2) is 9.37 Å². The van der Waals surface area contributed by atoms with Crippen molar-refractivity contribution >= 4 is 51.4 Å². The fourth-order valence-corrected chi connectivity index (χ4v) is 2.62. The molecule has 3 N–H and O–H groups in total. The molecule has 0 unspecified atom stereocenters. The molecular weight excluding hydrogens is 303 g/mol. The Morgan fingerprint density at radius 2 is 2.37 bits per heavy atom. The molecule has 100 valence electrons. The number of hydrogen-bond acceptors (Lipinski definition) is 5. The van der Waals surface area contributed by atoms with E-state index in [1.165, 1.54) is 29.4 Å². The van der Waals surface area contributed by atoms with E-state index in [9.17, 15) is 4.39 Å². The van der Waals surface area contributed by atoms with E-state index < -0.39 is 0 Å². The zero-order valence-electron chi connectivity index (χ0n) is 9.96. The molecule has 0 atom stereocenters. The van der Waals surface area contributed by atoms with E-state index in [1.807, 2.05) is 5.38 Å². The quantitative estimate of drug-likeness (QED) is 0.668. The highest BCUT2D eigenvalue weighted by Gasteiger charge is 2.09. The van der Waals surface area contributed by atoms with Crippen LogP contribution in [0.15, 0.2) is 34.7 Å². The summed E-state index contributed by atoms with van der Waals surface area (Å²) < 4.78 is 16.9. The number of halogens is 1. The van der Waals surface area contributed by atoms with Crippen LogP contribution in [-0.4, -0.2) is 17.1 Å². The minimum absolute atomic E-state index is 0.195. The molecule has 8 heteroatoms. The molecule has 0 spiro atoms. The summed E-state index contributed by atoms with van der Waals surface area (Å²) in [5, 5.41) is 2.77. The number of nitrogens with two attached hydrogens (primary N) is 1. The normalized spacial score (nSPS) is 10.2. The van der Waals surface area contributed by atoms with Gasteiger partial charge < -0.3 is 15.4 Å². The van der Waals surface area contributed by atoms with Gasteiger partial charge in [0, 0.05) is 24.3 Å². The number of thiocarbonyl (C=S) groups is 1. The van der Waals surface area contributed by atoms with Crippen molar-refractivity contribution in [3.05, 3.63) is 35.6 Å². The van der Waals surface area contributed by atoms with Crippen molar-refractivity contribution in [1.29, 1.82) is 0 Å². The topological polar surface area (TPSA) is 54.2 Å². The van der Waals surface area contributed by atoms with Crippen molar-refractivity contribution in [2.45, 2.75) is 4.90 Å². The number of nitrogens with one attached hydrogen (secondary N) is 1. The Balaban J connectivity index is 2.09. The van der Waals surface area contributed by atoms with Gasteiger partial charge in [-0.2, -0.15) is 0 Å². The molecule has 0 aliphatic heterocycles. The first-order chi connectivity index (χ1) is 9.08. The molecule has 19 heavy (non-hydrogen) atoms. The molecule has 0 bridgehead atoms. The maximum absolute atomic E-state index is 13.9. The van der Waals surface area contributed by atoms with Crippen LogP contribution in [0.25, 0.3) is 0 Å². The van der Waals surface area contributed by atoms with Gasteiger partial charge in [-0.15, -0.1) is 11.3 Å². The summed E-state index contributed by atoms with van der Waals surface area (Å²) >= 11 is 7.46. The Bertz CT molecular complexity index is 573. The molecule has 0 saturated carbocycles. The summed E-state index contributed by atoms with van der Waals surface area (Å²) in [6.45, 7) is 0. The van der Waals surface area contributed by atoms with Crippen LogP contribution < -0.4 is 15.4 Å². The predicted molar refractivity (Wildman–Crippen MR) is 83.2 cm³/mol. The van der Waals surface area contributed by atoms with E-state index in [1.54, 1.807) is 30.3 Å². The average molecular weight is 314 g/mol. The minimum Gasteiger partial charge on any atom is -0.376 e. The van der Waals surface area contributed by atoms with Crippen LogP contribution in [0, 0.1) is 5.82 Å². The van der Waals surface area contributed by atoms with Crippen LogP contribution >= 0.6 is 35.5 Å². The maximum atomic E-state index is 13.9. The second-order valence-corrected chi connectivity index (χ2v) is 5.71. The van der Waals surface area contributed by atoms with Gasteiger partial charge in [0.05, 0.1) is 4.90 Å². The van der Waals surface area contributed by atoms with Crippen LogP contribution in [0.4, 0.5) is 15.2 Å². The molecular formula is C11H11FN4S3. The molecule has 2 aromatic rings. The van der Waals surface area contributed by atoms with E-state index in [2.05, 4.69) is 9.71 Å². The highest BCUT2D eigenvalue weighted by molar-refractivity contribution is 8.00. The van der Waals surface area contributed by atoms with Gasteiger partial charge in [0.1, 0.15) is 5.82 Å². The van der Waals surface area contributed by atoms with Crippen molar-refractivity contribution in [2.24, 2.45) is 5.73 Å². The Morgan fingerprint density at radius 3 is 2.95 bits per heavy atom. The zero-order chi connectivity index (χ0) is 13.8. The number of nitrogens with zero attached hydrogens (tertiary/aromatic N) is 2. The van der Waals surface area contributed by atoms with Gasteiger partial charge in [0.25, 0.3) is 0 Å². The summed E-state index contributed by atoms with van der Waals surface area (Å²) in [7, 11) is 1.69. The molecule has 1 heterocycles. The fraction of sp³-hybridized carbons (Fsp3) is 0.0909. The second kappa shape index (κ2) is 6.18. The number of rotatable bonds is 4. The number of anilines is 2. The van der Waals surface area contributed by atoms with E-state index in [0.29, 0.717) is 10.6 Å². The van der Waals surface area contributed by atoms with Crippen molar-refractivity contribution in [1.82, 2.24) is 4.98 Å². The SMILES string of the molecule is CN(C(N)=S)c1ccc(SNc2nccs2)c(F)c1. The lowest BCUT2D eigenvalue weighted by molar-refractivity contribution is 0.602. The minimum atomic E-state index is -0.338. The van der Waals surface area contributed by atoms with Crippen molar-refractivity contribution < 1.29 is 4.39 Å². The van der Waals surface area contributed by atoms with Crippen LogP contribution in [0.5, 0.6) is 0 Å². The lowest BCUT2D eigenvalue weighted by Crippen LogP contribution is -2.31. The first-order valence-electron chi connectivity index (χ1n) is 5.23. The molecule has 0 saturated heterocycles. The molecule has 0 fully saturated rings. The zero-order valence-corrected chi connectivity index (χ0v) is 12.4. The summed E-state index contributed by atoms with van der Waals surface area (Å²) in [5.41, 5.74) is 6.10. The van der Waals surface area contributed by atoms with Crippen LogP contribution in [0.2, 0.25) is 0 Å².